The third-order valence-corrected chi connectivity index (χ3v) is 6.84. The van der Waals surface area contributed by atoms with Crippen LogP contribution in [0.25, 0.3) is 0 Å². The van der Waals surface area contributed by atoms with E-state index in [1.165, 1.54) is 0 Å². The van der Waals surface area contributed by atoms with E-state index in [-0.39, 0.29) is 29.1 Å². The molecule has 0 N–H and O–H groups in total. The van der Waals surface area contributed by atoms with E-state index in [0.717, 1.165) is 10.4 Å². The molecule has 106 valence electrons. The van der Waals surface area contributed by atoms with E-state index in [1.807, 2.05) is 0 Å². The van der Waals surface area contributed by atoms with Gasteiger partial charge in [-0.05, 0) is 22.0 Å². The van der Waals surface area contributed by atoms with Crippen molar-refractivity contribution in [2.75, 3.05) is 24.6 Å². The second-order valence-electron chi connectivity index (χ2n) is 3.95. The highest BCUT2D eigenvalue weighted by Gasteiger charge is 2.32. The van der Waals surface area contributed by atoms with Crippen LogP contribution in [-0.4, -0.2) is 41.5 Å². The minimum atomic E-state index is -4.05. The predicted molar refractivity (Wildman–Crippen MR) is 70.7 cm³/mol. The normalized spacial score (nSPS) is 18.7. The molecule has 9 heteroatoms. The van der Waals surface area contributed by atoms with Gasteiger partial charge in [0.25, 0.3) is 0 Å². The Labute approximate surface area is 120 Å². The Morgan fingerprint density at radius 2 is 1.79 bits per heavy atom. The zero-order valence-electron chi connectivity index (χ0n) is 9.61. The first kappa shape index (κ1) is 15.0. The lowest BCUT2D eigenvalue weighted by molar-refractivity contribution is 0.432. The van der Waals surface area contributed by atoms with Gasteiger partial charge in [0.05, 0.1) is 0 Å². The molecular weight excluding hydrogens is 364 g/mol. The third-order valence-electron chi connectivity index (χ3n) is 2.70. The summed E-state index contributed by atoms with van der Waals surface area (Å²) < 4.78 is 63.4. The van der Waals surface area contributed by atoms with Crippen LogP contribution in [0.4, 0.5) is 8.78 Å². The number of rotatable bonds is 2. The van der Waals surface area contributed by atoms with Crippen LogP contribution >= 0.6 is 15.9 Å². The largest absolute Gasteiger partial charge is 0.259 e. The van der Waals surface area contributed by atoms with E-state index in [2.05, 4.69) is 15.9 Å². The van der Waals surface area contributed by atoms with Crippen LogP contribution in [0, 0.1) is 11.6 Å². The van der Waals surface area contributed by atoms with Crippen molar-refractivity contribution in [3.05, 3.63) is 28.2 Å². The van der Waals surface area contributed by atoms with Crippen LogP contribution < -0.4 is 0 Å². The summed E-state index contributed by atoms with van der Waals surface area (Å²) in [6.07, 6.45) is 0. The van der Waals surface area contributed by atoms with Crippen molar-refractivity contribution in [3.8, 4) is 0 Å². The highest BCUT2D eigenvalue weighted by atomic mass is 79.9. The van der Waals surface area contributed by atoms with Crippen LogP contribution in [0.1, 0.15) is 0 Å². The fourth-order valence-corrected chi connectivity index (χ4v) is 5.60. The summed E-state index contributed by atoms with van der Waals surface area (Å²) in [5.74, 6) is -1.55. The van der Waals surface area contributed by atoms with Crippen molar-refractivity contribution < 1.29 is 21.4 Å². The van der Waals surface area contributed by atoms with Gasteiger partial charge in [0.1, 0.15) is 16.5 Å². The lowest BCUT2D eigenvalue weighted by atomic mass is 10.3. The smallest absolute Gasteiger partial charge is 0.247 e. The van der Waals surface area contributed by atoms with Gasteiger partial charge in [0.2, 0.25) is 10.0 Å². The number of benzene rings is 1. The Morgan fingerprint density at radius 1 is 1.21 bits per heavy atom. The second kappa shape index (κ2) is 5.55. The van der Waals surface area contributed by atoms with Crippen LogP contribution in [0.15, 0.2) is 21.5 Å². The fourth-order valence-electron chi connectivity index (χ4n) is 1.77. The van der Waals surface area contributed by atoms with E-state index in [9.17, 15) is 21.4 Å². The summed E-state index contributed by atoms with van der Waals surface area (Å²) >= 11 is 2.87. The minimum Gasteiger partial charge on any atom is -0.259 e. The Kier molecular flexibility index (Phi) is 4.38. The van der Waals surface area contributed by atoms with Gasteiger partial charge in [-0.2, -0.15) is 4.31 Å². The van der Waals surface area contributed by atoms with Crippen LogP contribution in [0.2, 0.25) is 0 Å². The molecule has 0 aliphatic carbocycles. The van der Waals surface area contributed by atoms with E-state index in [1.54, 1.807) is 0 Å². The summed E-state index contributed by atoms with van der Waals surface area (Å²) in [4.78, 5) is -0.582. The zero-order valence-corrected chi connectivity index (χ0v) is 12.8. The molecule has 1 aromatic carbocycles. The molecule has 1 heterocycles. The average Bonchev–Trinajstić information content (AvgIpc) is 2.27. The quantitative estimate of drug-likeness (QED) is 0.788. The summed E-state index contributed by atoms with van der Waals surface area (Å²) in [6.45, 7) is 0.135. The topological polar surface area (TPSA) is 54.5 Å². The SMILES string of the molecule is O=S1CCN(S(=O)(=O)c2c(F)cc(F)cc2Br)CC1. The first-order valence-corrected chi connectivity index (χ1v) is 9.04. The molecule has 0 atom stereocenters. The molecule has 0 radical (unpaired) electrons. The molecule has 0 spiro atoms. The Morgan fingerprint density at radius 3 is 2.32 bits per heavy atom. The van der Waals surface area contributed by atoms with Crippen molar-refractivity contribution in [2.24, 2.45) is 0 Å². The Bertz CT molecular complexity index is 603. The molecule has 1 aliphatic heterocycles. The second-order valence-corrected chi connectivity index (χ2v) is 8.38. The molecule has 0 aromatic heterocycles. The van der Waals surface area contributed by atoms with Gasteiger partial charge in [-0.25, -0.2) is 17.2 Å². The van der Waals surface area contributed by atoms with Crippen molar-refractivity contribution >= 4 is 36.8 Å². The molecule has 0 amide bonds. The molecule has 0 bridgehead atoms. The highest BCUT2D eigenvalue weighted by Crippen LogP contribution is 2.29. The maximum atomic E-state index is 13.7. The summed E-state index contributed by atoms with van der Waals surface area (Å²) in [6, 6.07) is 1.43. The molecule has 1 aliphatic rings. The zero-order chi connectivity index (χ0) is 14.2. The summed E-state index contributed by atoms with van der Waals surface area (Å²) in [5.41, 5.74) is 0. The molecule has 0 unspecified atom stereocenters. The van der Waals surface area contributed by atoms with E-state index in [4.69, 9.17) is 0 Å². The van der Waals surface area contributed by atoms with Gasteiger partial charge < -0.3 is 0 Å². The number of hydrogen-bond donors (Lipinski definition) is 0. The first-order valence-electron chi connectivity index (χ1n) is 5.32. The van der Waals surface area contributed by atoms with E-state index < -0.39 is 37.4 Å². The monoisotopic (exact) mass is 373 g/mol. The highest BCUT2D eigenvalue weighted by molar-refractivity contribution is 9.10. The van der Waals surface area contributed by atoms with Crippen molar-refractivity contribution in [1.29, 1.82) is 0 Å². The standard InChI is InChI=1S/C10H10BrF2NO3S2/c11-8-5-7(12)6-9(13)10(8)19(16,17)14-1-3-18(15)4-2-14/h5-6H,1-4H2. The lowest BCUT2D eigenvalue weighted by Crippen LogP contribution is -2.42. The number of hydrogen-bond acceptors (Lipinski definition) is 3. The van der Waals surface area contributed by atoms with Crippen molar-refractivity contribution in [2.45, 2.75) is 4.90 Å². The van der Waals surface area contributed by atoms with Crippen LogP contribution in [0.3, 0.4) is 0 Å². The number of nitrogens with zero attached hydrogens (tertiary/aromatic N) is 1. The molecule has 1 fully saturated rings. The van der Waals surface area contributed by atoms with Gasteiger partial charge in [0.15, 0.2) is 0 Å². The average molecular weight is 374 g/mol. The van der Waals surface area contributed by atoms with Gasteiger partial charge in [-0.3, -0.25) is 4.21 Å². The van der Waals surface area contributed by atoms with E-state index >= 15 is 0 Å². The third kappa shape index (κ3) is 3.04. The number of halogens is 3. The number of sulfonamides is 1. The van der Waals surface area contributed by atoms with Gasteiger partial charge in [-0.1, -0.05) is 0 Å². The van der Waals surface area contributed by atoms with Crippen molar-refractivity contribution in [3.63, 3.8) is 0 Å². The van der Waals surface area contributed by atoms with Crippen LogP contribution in [0.5, 0.6) is 0 Å². The van der Waals surface area contributed by atoms with Crippen molar-refractivity contribution in [1.82, 2.24) is 4.31 Å². The maximum Gasteiger partial charge on any atom is 0.247 e. The lowest BCUT2D eigenvalue weighted by Gasteiger charge is -2.26. The van der Waals surface area contributed by atoms with Gasteiger partial charge in [-0.15, -0.1) is 0 Å². The molecule has 1 aromatic rings. The van der Waals surface area contributed by atoms with Gasteiger partial charge in [0, 0.05) is 45.9 Å². The Balaban J connectivity index is 2.43. The minimum absolute atomic E-state index is 0.0677. The molecule has 0 saturated carbocycles. The Hall–Kier alpha value is -0.380. The molecule has 2 rings (SSSR count). The molecule has 4 nitrogen and oxygen atoms in total. The fraction of sp³-hybridized carbons (Fsp3) is 0.400. The first-order chi connectivity index (χ1) is 8.82. The maximum absolute atomic E-state index is 13.7. The molecule has 1 saturated heterocycles. The van der Waals surface area contributed by atoms with Crippen LogP contribution in [-0.2, 0) is 20.8 Å². The predicted octanol–water partition coefficient (Wildman–Crippen LogP) is 1.48. The van der Waals surface area contributed by atoms with Gasteiger partial charge >= 0.3 is 0 Å². The summed E-state index contributed by atoms with van der Waals surface area (Å²) in [5, 5.41) is 0. The summed E-state index contributed by atoms with van der Waals surface area (Å²) in [7, 11) is -5.09. The molecule has 19 heavy (non-hydrogen) atoms. The van der Waals surface area contributed by atoms with E-state index in [0.29, 0.717) is 6.07 Å². The molecular formula is C10H10BrF2NO3S2.